The van der Waals surface area contributed by atoms with Crippen LogP contribution in [-0.2, 0) is 15.5 Å². The Morgan fingerprint density at radius 1 is 1.27 bits per heavy atom. The van der Waals surface area contributed by atoms with Crippen LogP contribution in [0, 0.1) is 5.92 Å². The standard InChI is InChI=1S/C16H32N2O3S/c1-12(2)10-14(11-17-15(19)21-16(3,4)5)18-13-6-8-22(20)9-7-13/h12-14,18H,6-11H2,1-5H3,(H,17,19). The molecule has 5 nitrogen and oxygen atoms in total. The summed E-state index contributed by atoms with van der Waals surface area (Å²) in [5.41, 5.74) is -0.474. The molecule has 0 aromatic rings. The zero-order valence-corrected chi connectivity index (χ0v) is 15.4. The van der Waals surface area contributed by atoms with Gasteiger partial charge >= 0.3 is 6.09 Å². The van der Waals surface area contributed by atoms with Crippen molar-refractivity contribution in [3.05, 3.63) is 0 Å². The van der Waals surface area contributed by atoms with Gasteiger partial charge in [0.1, 0.15) is 5.60 Å². The SMILES string of the molecule is CC(C)CC(CNC(=O)OC(C)(C)C)NC1CCS(=O)CC1. The number of carbonyl (C=O) groups is 1. The van der Waals surface area contributed by atoms with Crippen molar-refractivity contribution < 1.29 is 13.7 Å². The van der Waals surface area contributed by atoms with Gasteiger partial charge < -0.3 is 15.4 Å². The Balaban J connectivity index is 2.43. The topological polar surface area (TPSA) is 67.4 Å². The van der Waals surface area contributed by atoms with Gasteiger partial charge in [0.25, 0.3) is 0 Å². The summed E-state index contributed by atoms with van der Waals surface area (Å²) in [5.74, 6) is 2.12. The molecule has 0 spiro atoms. The van der Waals surface area contributed by atoms with Crippen molar-refractivity contribution in [3.63, 3.8) is 0 Å². The van der Waals surface area contributed by atoms with Crippen molar-refractivity contribution in [1.29, 1.82) is 0 Å². The zero-order valence-electron chi connectivity index (χ0n) is 14.6. The van der Waals surface area contributed by atoms with Crippen LogP contribution in [0.25, 0.3) is 0 Å². The quantitative estimate of drug-likeness (QED) is 0.784. The number of hydrogen-bond acceptors (Lipinski definition) is 4. The molecule has 22 heavy (non-hydrogen) atoms. The summed E-state index contributed by atoms with van der Waals surface area (Å²) in [5, 5.41) is 6.48. The van der Waals surface area contributed by atoms with Crippen molar-refractivity contribution >= 4 is 16.9 Å². The predicted octanol–water partition coefficient (Wildman–Crippen LogP) is 2.43. The summed E-state index contributed by atoms with van der Waals surface area (Å²) in [7, 11) is -0.639. The first-order valence-corrected chi connectivity index (χ1v) is 9.72. The molecule has 1 heterocycles. The molecule has 1 aliphatic rings. The summed E-state index contributed by atoms with van der Waals surface area (Å²) in [6.07, 6.45) is 2.53. The minimum Gasteiger partial charge on any atom is -0.444 e. The lowest BCUT2D eigenvalue weighted by atomic mass is 10.0. The van der Waals surface area contributed by atoms with Crippen molar-refractivity contribution in [2.45, 2.75) is 71.6 Å². The Hall–Kier alpha value is -0.620. The van der Waals surface area contributed by atoms with E-state index in [2.05, 4.69) is 24.5 Å². The van der Waals surface area contributed by atoms with E-state index < -0.39 is 16.4 Å². The third-order valence-electron chi connectivity index (χ3n) is 3.51. The Bertz CT molecular complexity index is 370. The van der Waals surface area contributed by atoms with Gasteiger partial charge in [-0.05, 0) is 46.0 Å². The first kappa shape index (κ1) is 19.4. The van der Waals surface area contributed by atoms with E-state index in [4.69, 9.17) is 4.74 Å². The van der Waals surface area contributed by atoms with Crippen LogP contribution in [0.1, 0.15) is 53.9 Å². The molecule has 1 saturated heterocycles. The van der Waals surface area contributed by atoms with E-state index in [9.17, 15) is 9.00 Å². The minimum absolute atomic E-state index is 0.226. The molecular weight excluding hydrogens is 300 g/mol. The lowest BCUT2D eigenvalue weighted by molar-refractivity contribution is 0.0519. The lowest BCUT2D eigenvalue weighted by Gasteiger charge is -2.29. The average molecular weight is 333 g/mol. The van der Waals surface area contributed by atoms with Gasteiger partial charge in [-0.2, -0.15) is 0 Å². The van der Waals surface area contributed by atoms with Crippen molar-refractivity contribution in [2.75, 3.05) is 18.1 Å². The largest absolute Gasteiger partial charge is 0.444 e. The van der Waals surface area contributed by atoms with E-state index >= 15 is 0 Å². The summed E-state index contributed by atoms with van der Waals surface area (Å²) < 4.78 is 16.7. The molecular formula is C16H32N2O3S. The van der Waals surface area contributed by atoms with Crippen molar-refractivity contribution in [1.82, 2.24) is 10.6 Å². The number of alkyl carbamates (subject to hydrolysis) is 1. The van der Waals surface area contributed by atoms with Crippen LogP contribution in [-0.4, -0.2) is 46.0 Å². The molecule has 0 aromatic heterocycles. The van der Waals surface area contributed by atoms with Crippen LogP contribution in [0.5, 0.6) is 0 Å². The molecule has 1 atom stereocenters. The third-order valence-corrected chi connectivity index (χ3v) is 4.89. The highest BCUT2D eigenvalue weighted by molar-refractivity contribution is 7.85. The van der Waals surface area contributed by atoms with Gasteiger partial charge in [0.05, 0.1) is 0 Å². The number of hydrogen-bond donors (Lipinski definition) is 2. The second-order valence-corrected chi connectivity index (χ2v) is 9.19. The molecule has 1 amide bonds. The van der Waals surface area contributed by atoms with Gasteiger partial charge in [0.2, 0.25) is 0 Å². The molecule has 1 rings (SSSR count). The number of rotatable bonds is 6. The van der Waals surface area contributed by atoms with Crippen LogP contribution >= 0.6 is 0 Å². The molecule has 0 radical (unpaired) electrons. The van der Waals surface area contributed by atoms with Gasteiger partial charge in [-0.25, -0.2) is 4.79 Å². The van der Waals surface area contributed by atoms with Gasteiger partial charge in [-0.15, -0.1) is 0 Å². The Morgan fingerprint density at radius 3 is 2.36 bits per heavy atom. The predicted molar refractivity (Wildman–Crippen MR) is 91.5 cm³/mol. The summed E-state index contributed by atoms with van der Waals surface area (Å²) in [6, 6.07) is 0.631. The number of nitrogens with one attached hydrogen (secondary N) is 2. The molecule has 6 heteroatoms. The van der Waals surface area contributed by atoms with E-state index in [1.54, 1.807) is 0 Å². The minimum atomic E-state index is -0.639. The number of ether oxygens (including phenoxy) is 1. The Labute approximate surface area is 137 Å². The van der Waals surface area contributed by atoms with Gasteiger partial charge in [0, 0.05) is 40.9 Å². The monoisotopic (exact) mass is 332 g/mol. The molecule has 130 valence electrons. The highest BCUT2D eigenvalue weighted by atomic mass is 32.2. The molecule has 1 unspecified atom stereocenters. The molecule has 2 N–H and O–H groups in total. The first-order chi connectivity index (χ1) is 10.2. The maximum absolute atomic E-state index is 11.8. The lowest BCUT2D eigenvalue weighted by Crippen LogP contribution is -2.48. The zero-order chi connectivity index (χ0) is 16.8. The number of amides is 1. The van der Waals surface area contributed by atoms with E-state index in [-0.39, 0.29) is 12.1 Å². The summed E-state index contributed by atoms with van der Waals surface area (Å²) in [6.45, 7) is 10.5. The number of carbonyl (C=O) groups excluding carboxylic acids is 1. The first-order valence-electron chi connectivity index (χ1n) is 8.23. The van der Waals surface area contributed by atoms with E-state index in [0.717, 1.165) is 30.8 Å². The fourth-order valence-corrected chi connectivity index (χ4v) is 3.89. The van der Waals surface area contributed by atoms with Crippen LogP contribution in [0.3, 0.4) is 0 Å². The van der Waals surface area contributed by atoms with Crippen molar-refractivity contribution in [2.24, 2.45) is 5.92 Å². The molecule has 0 saturated carbocycles. The Kier molecular flexibility index (Phi) is 7.83. The van der Waals surface area contributed by atoms with Crippen LogP contribution in [0.2, 0.25) is 0 Å². The smallest absolute Gasteiger partial charge is 0.407 e. The highest BCUT2D eigenvalue weighted by Crippen LogP contribution is 2.13. The molecule has 1 fully saturated rings. The average Bonchev–Trinajstić information content (AvgIpc) is 2.36. The summed E-state index contributed by atoms with van der Waals surface area (Å²) >= 11 is 0. The summed E-state index contributed by atoms with van der Waals surface area (Å²) in [4.78, 5) is 11.8. The normalized spacial score (nSPS) is 24.1. The fourth-order valence-electron chi connectivity index (χ4n) is 2.59. The van der Waals surface area contributed by atoms with E-state index in [1.165, 1.54) is 0 Å². The van der Waals surface area contributed by atoms with Crippen LogP contribution < -0.4 is 10.6 Å². The maximum atomic E-state index is 11.8. The maximum Gasteiger partial charge on any atom is 0.407 e. The highest BCUT2D eigenvalue weighted by Gasteiger charge is 2.23. The van der Waals surface area contributed by atoms with Crippen molar-refractivity contribution in [3.8, 4) is 0 Å². The van der Waals surface area contributed by atoms with E-state index in [1.807, 2.05) is 20.8 Å². The molecule has 0 bridgehead atoms. The molecule has 1 aliphatic heterocycles. The van der Waals surface area contributed by atoms with Gasteiger partial charge in [-0.3, -0.25) is 4.21 Å². The molecule has 0 aromatic carbocycles. The van der Waals surface area contributed by atoms with E-state index in [0.29, 0.717) is 18.5 Å². The third kappa shape index (κ3) is 8.73. The van der Waals surface area contributed by atoms with Crippen LogP contribution in [0.4, 0.5) is 4.79 Å². The Morgan fingerprint density at radius 2 is 1.86 bits per heavy atom. The second-order valence-electron chi connectivity index (χ2n) is 7.50. The fraction of sp³-hybridized carbons (Fsp3) is 0.938. The molecule has 0 aliphatic carbocycles. The van der Waals surface area contributed by atoms with Crippen LogP contribution in [0.15, 0.2) is 0 Å². The second kappa shape index (κ2) is 8.87. The van der Waals surface area contributed by atoms with Gasteiger partial charge in [-0.1, -0.05) is 13.8 Å². The van der Waals surface area contributed by atoms with Gasteiger partial charge in [0.15, 0.2) is 0 Å².